The molecule has 2 aromatic rings. The Morgan fingerprint density at radius 2 is 1.48 bits per heavy atom. The van der Waals surface area contributed by atoms with Gasteiger partial charge in [-0.2, -0.15) is 13.2 Å². The van der Waals surface area contributed by atoms with Crippen LogP contribution in [0.5, 0.6) is 0 Å². The first-order valence-electron chi connectivity index (χ1n) is 8.89. The zero-order valence-corrected chi connectivity index (χ0v) is 15.8. The fourth-order valence-corrected chi connectivity index (χ4v) is 2.45. The van der Waals surface area contributed by atoms with Crippen LogP contribution in [-0.2, 0) is 23.9 Å². The third kappa shape index (κ3) is 7.81. The molecule has 0 atom stereocenters. The van der Waals surface area contributed by atoms with Crippen molar-refractivity contribution in [2.45, 2.75) is 19.1 Å². The van der Waals surface area contributed by atoms with Crippen LogP contribution in [0.15, 0.2) is 53.5 Å². The highest BCUT2D eigenvalue weighted by Gasteiger charge is 2.29. The summed E-state index contributed by atoms with van der Waals surface area (Å²) in [5.41, 5.74) is 0.694. The van der Waals surface area contributed by atoms with Crippen molar-refractivity contribution in [3.8, 4) is 0 Å². The van der Waals surface area contributed by atoms with Crippen molar-refractivity contribution < 1.29 is 22.4 Å². The molecule has 0 aliphatic rings. The van der Waals surface area contributed by atoms with Crippen molar-refractivity contribution in [3.05, 3.63) is 71.0 Å². The minimum Gasteiger partial charge on any atom is -0.355 e. The summed E-state index contributed by atoms with van der Waals surface area (Å²) in [4.78, 5) is 15.9. The van der Waals surface area contributed by atoms with Gasteiger partial charge in [-0.05, 0) is 35.4 Å². The topological polar surface area (TPSA) is 65.5 Å². The summed E-state index contributed by atoms with van der Waals surface area (Å²) in [5.74, 6) is -0.0858. The van der Waals surface area contributed by atoms with Gasteiger partial charge in [0.25, 0.3) is 0 Å². The van der Waals surface area contributed by atoms with E-state index in [4.69, 9.17) is 0 Å². The van der Waals surface area contributed by atoms with Crippen LogP contribution in [0.25, 0.3) is 0 Å². The summed E-state index contributed by atoms with van der Waals surface area (Å²) < 4.78 is 50.5. The summed E-state index contributed by atoms with van der Waals surface area (Å²) in [6, 6.07) is 10.6. The Labute approximate surface area is 166 Å². The molecule has 0 aliphatic heterocycles. The number of carbonyl (C=O) groups is 1. The molecule has 1 amide bonds. The summed E-state index contributed by atoms with van der Waals surface area (Å²) >= 11 is 0. The Balaban J connectivity index is 1.68. The van der Waals surface area contributed by atoms with Crippen LogP contribution in [0.2, 0.25) is 0 Å². The Morgan fingerprint density at radius 1 is 0.897 bits per heavy atom. The molecule has 2 aromatic carbocycles. The van der Waals surface area contributed by atoms with E-state index < -0.39 is 11.7 Å². The van der Waals surface area contributed by atoms with Crippen LogP contribution < -0.4 is 16.0 Å². The summed E-state index contributed by atoms with van der Waals surface area (Å²) in [6.45, 7) is 1.05. The molecule has 0 heterocycles. The number of rotatable bonds is 7. The normalized spacial score (nSPS) is 11.8. The quantitative estimate of drug-likeness (QED) is 0.285. The van der Waals surface area contributed by atoms with Gasteiger partial charge in [0.05, 0.1) is 12.0 Å². The molecule has 0 aliphatic carbocycles. The van der Waals surface area contributed by atoms with E-state index in [1.54, 1.807) is 19.2 Å². The Hall–Kier alpha value is -3.10. The molecule has 5 nitrogen and oxygen atoms in total. The summed E-state index contributed by atoms with van der Waals surface area (Å²) in [5, 5.41) is 8.72. The van der Waals surface area contributed by atoms with Crippen molar-refractivity contribution in [2.75, 3.05) is 20.1 Å². The second-order valence-corrected chi connectivity index (χ2v) is 6.20. The Kier molecular flexibility index (Phi) is 7.99. The number of guanidine groups is 1. The van der Waals surface area contributed by atoms with E-state index in [0.29, 0.717) is 36.7 Å². The molecule has 0 bridgehead atoms. The standard InChI is InChI=1S/C20H22F4N4O/c1-25-19(28-13-15-2-6-16(7-3-15)20(22,23)24)27-11-10-26-18(29)12-14-4-8-17(21)9-5-14/h2-9H,10-13H2,1H3,(H,26,29)(H2,25,27,28). The molecule has 3 N–H and O–H groups in total. The molecular formula is C20H22F4N4O. The number of benzene rings is 2. The van der Waals surface area contributed by atoms with Gasteiger partial charge in [0.1, 0.15) is 5.82 Å². The molecule has 0 spiro atoms. The average molecular weight is 410 g/mol. The molecule has 0 fully saturated rings. The number of alkyl halides is 3. The number of nitrogens with one attached hydrogen (secondary N) is 3. The van der Waals surface area contributed by atoms with Gasteiger partial charge in [-0.15, -0.1) is 0 Å². The van der Waals surface area contributed by atoms with Crippen molar-refractivity contribution in [1.29, 1.82) is 0 Å². The van der Waals surface area contributed by atoms with Crippen LogP contribution in [0.4, 0.5) is 17.6 Å². The maximum atomic E-state index is 12.8. The van der Waals surface area contributed by atoms with Crippen LogP contribution in [0.1, 0.15) is 16.7 Å². The molecule has 2 rings (SSSR count). The van der Waals surface area contributed by atoms with Crippen molar-refractivity contribution >= 4 is 11.9 Å². The molecule has 0 saturated heterocycles. The van der Waals surface area contributed by atoms with Crippen LogP contribution in [0.3, 0.4) is 0 Å². The average Bonchev–Trinajstić information content (AvgIpc) is 2.69. The molecule has 0 radical (unpaired) electrons. The minimum atomic E-state index is -4.36. The van der Waals surface area contributed by atoms with E-state index in [1.165, 1.54) is 24.3 Å². The molecule has 29 heavy (non-hydrogen) atoms. The lowest BCUT2D eigenvalue weighted by molar-refractivity contribution is -0.137. The lowest BCUT2D eigenvalue weighted by atomic mass is 10.1. The van der Waals surface area contributed by atoms with E-state index in [2.05, 4.69) is 20.9 Å². The van der Waals surface area contributed by atoms with E-state index >= 15 is 0 Å². The monoisotopic (exact) mass is 410 g/mol. The second-order valence-electron chi connectivity index (χ2n) is 6.20. The highest BCUT2D eigenvalue weighted by atomic mass is 19.4. The van der Waals surface area contributed by atoms with Gasteiger partial charge in [-0.3, -0.25) is 9.79 Å². The number of hydrogen-bond acceptors (Lipinski definition) is 2. The third-order valence-electron chi connectivity index (χ3n) is 3.98. The largest absolute Gasteiger partial charge is 0.416 e. The summed E-state index contributed by atoms with van der Waals surface area (Å²) in [7, 11) is 1.56. The smallest absolute Gasteiger partial charge is 0.355 e. The van der Waals surface area contributed by atoms with E-state index in [9.17, 15) is 22.4 Å². The van der Waals surface area contributed by atoms with Crippen molar-refractivity contribution in [1.82, 2.24) is 16.0 Å². The molecule has 0 unspecified atom stereocenters. The van der Waals surface area contributed by atoms with E-state index in [1.807, 2.05) is 0 Å². The first kappa shape index (κ1) is 22.2. The number of aliphatic imine (C=N–C) groups is 1. The minimum absolute atomic E-state index is 0.154. The first-order valence-corrected chi connectivity index (χ1v) is 8.89. The SMILES string of the molecule is CN=C(NCCNC(=O)Cc1ccc(F)cc1)NCc1ccc(C(F)(F)F)cc1. The van der Waals surface area contributed by atoms with Gasteiger partial charge in [-0.25, -0.2) is 4.39 Å². The van der Waals surface area contributed by atoms with E-state index in [0.717, 1.165) is 12.1 Å². The fourth-order valence-electron chi connectivity index (χ4n) is 2.45. The molecule has 0 saturated carbocycles. The van der Waals surface area contributed by atoms with Gasteiger partial charge in [0.2, 0.25) is 5.91 Å². The maximum absolute atomic E-state index is 12.8. The van der Waals surface area contributed by atoms with Gasteiger partial charge in [0.15, 0.2) is 5.96 Å². The number of carbonyl (C=O) groups excluding carboxylic acids is 1. The van der Waals surface area contributed by atoms with Crippen molar-refractivity contribution in [3.63, 3.8) is 0 Å². The highest BCUT2D eigenvalue weighted by molar-refractivity contribution is 5.80. The number of nitrogens with zero attached hydrogens (tertiary/aromatic N) is 1. The van der Waals surface area contributed by atoms with Crippen LogP contribution in [0, 0.1) is 5.82 Å². The predicted molar refractivity (Wildman–Crippen MR) is 103 cm³/mol. The van der Waals surface area contributed by atoms with Crippen molar-refractivity contribution in [2.24, 2.45) is 4.99 Å². The lowest BCUT2D eigenvalue weighted by Gasteiger charge is -2.13. The third-order valence-corrected chi connectivity index (χ3v) is 3.98. The number of halogens is 4. The Bertz CT molecular complexity index is 818. The van der Waals surface area contributed by atoms with Gasteiger partial charge in [0, 0.05) is 26.7 Å². The lowest BCUT2D eigenvalue weighted by Crippen LogP contribution is -2.41. The fraction of sp³-hybridized carbons (Fsp3) is 0.300. The van der Waals surface area contributed by atoms with E-state index in [-0.39, 0.29) is 18.1 Å². The van der Waals surface area contributed by atoms with Crippen LogP contribution in [-0.4, -0.2) is 32.0 Å². The maximum Gasteiger partial charge on any atom is 0.416 e. The first-order chi connectivity index (χ1) is 13.8. The predicted octanol–water partition coefficient (Wildman–Crippen LogP) is 2.87. The highest BCUT2D eigenvalue weighted by Crippen LogP contribution is 2.28. The molecular weight excluding hydrogens is 388 g/mol. The zero-order chi connectivity index (χ0) is 21.3. The Morgan fingerprint density at radius 3 is 2.07 bits per heavy atom. The van der Waals surface area contributed by atoms with Gasteiger partial charge < -0.3 is 16.0 Å². The summed E-state index contributed by atoms with van der Waals surface area (Å²) in [6.07, 6.45) is -4.20. The molecule has 9 heteroatoms. The molecule has 0 aromatic heterocycles. The van der Waals surface area contributed by atoms with Crippen LogP contribution >= 0.6 is 0 Å². The molecule has 156 valence electrons. The van der Waals surface area contributed by atoms with Gasteiger partial charge in [-0.1, -0.05) is 24.3 Å². The number of hydrogen-bond donors (Lipinski definition) is 3. The second kappa shape index (κ2) is 10.4. The van der Waals surface area contributed by atoms with Gasteiger partial charge >= 0.3 is 6.18 Å². The zero-order valence-electron chi connectivity index (χ0n) is 15.8. The number of amides is 1.